The number of H-pyrrole nitrogens is 1. The van der Waals surface area contributed by atoms with Crippen LogP contribution in [0.15, 0.2) is 47.3 Å². The van der Waals surface area contributed by atoms with Crippen LogP contribution in [0.3, 0.4) is 0 Å². The Hall–Kier alpha value is -1.58. The molecule has 0 saturated carbocycles. The van der Waals surface area contributed by atoms with Crippen LogP contribution in [0.5, 0.6) is 0 Å². The Balaban J connectivity index is 2.04. The molecule has 0 spiro atoms. The molecule has 0 saturated heterocycles. The number of rotatable bonds is 2. The molecule has 2 aromatic heterocycles. The van der Waals surface area contributed by atoms with Gasteiger partial charge in [-0.1, -0.05) is 29.8 Å². The van der Waals surface area contributed by atoms with Crippen LogP contribution in [-0.4, -0.2) is 9.97 Å². The largest absolute Gasteiger partial charge is 0.338 e. The van der Waals surface area contributed by atoms with Crippen LogP contribution in [0, 0.1) is 0 Å². The Morgan fingerprint density at radius 1 is 1.18 bits per heavy atom. The number of nitrogens with zero attached hydrogens (tertiary/aromatic N) is 1. The number of aromatic nitrogens is 2. The molecule has 4 heteroatoms. The van der Waals surface area contributed by atoms with Gasteiger partial charge in [-0.3, -0.25) is 0 Å². The van der Waals surface area contributed by atoms with E-state index in [4.69, 9.17) is 11.6 Å². The van der Waals surface area contributed by atoms with Crippen molar-refractivity contribution in [3.8, 4) is 22.6 Å². The van der Waals surface area contributed by atoms with Crippen molar-refractivity contribution in [1.29, 1.82) is 0 Å². The molecule has 0 bridgehead atoms. The maximum atomic E-state index is 6.15. The fourth-order valence-corrected chi connectivity index (χ4v) is 2.56. The summed E-state index contributed by atoms with van der Waals surface area (Å²) in [6, 6.07) is 9.78. The van der Waals surface area contributed by atoms with Crippen LogP contribution in [0.4, 0.5) is 0 Å². The second kappa shape index (κ2) is 4.35. The van der Waals surface area contributed by atoms with E-state index in [0.29, 0.717) is 0 Å². The van der Waals surface area contributed by atoms with Crippen LogP contribution in [-0.2, 0) is 0 Å². The van der Waals surface area contributed by atoms with E-state index in [1.807, 2.05) is 41.9 Å². The molecule has 0 radical (unpaired) electrons. The fraction of sp³-hybridized carbons (Fsp3) is 0. The van der Waals surface area contributed by atoms with Crippen molar-refractivity contribution in [2.75, 3.05) is 0 Å². The SMILES string of the molecule is Clc1ccccc1-c1cnc(-c2ccsc2)[nH]1. The van der Waals surface area contributed by atoms with Crippen LogP contribution in [0.25, 0.3) is 22.6 Å². The predicted octanol–water partition coefficient (Wildman–Crippen LogP) is 4.46. The summed E-state index contributed by atoms with van der Waals surface area (Å²) in [5.41, 5.74) is 3.02. The molecule has 0 fully saturated rings. The predicted molar refractivity (Wildman–Crippen MR) is 72.3 cm³/mol. The van der Waals surface area contributed by atoms with Crippen molar-refractivity contribution in [3.05, 3.63) is 52.3 Å². The first kappa shape index (κ1) is 10.6. The third-order valence-corrected chi connectivity index (χ3v) is 3.55. The normalized spacial score (nSPS) is 10.6. The van der Waals surface area contributed by atoms with Crippen molar-refractivity contribution >= 4 is 22.9 Å². The van der Waals surface area contributed by atoms with E-state index in [1.54, 1.807) is 11.3 Å². The number of thiophene rings is 1. The zero-order chi connectivity index (χ0) is 11.7. The van der Waals surface area contributed by atoms with Gasteiger partial charge in [0.25, 0.3) is 0 Å². The first-order chi connectivity index (χ1) is 8.34. The summed E-state index contributed by atoms with van der Waals surface area (Å²) < 4.78 is 0. The van der Waals surface area contributed by atoms with Crippen LogP contribution in [0.1, 0.15) is 0 Å². The molecule has 2 heterocycles. The second-order valence-electron chi connectivity index (χ2n) is 3.64. The first-order valence-corrected chi connectivity index (χ1v) is 6.49. The Kier molecular flexibility index (Phi) is 2.71. The van der Waals surface area contributed by atoms with E-state index < -0.39 is 0 Å². The maximum Gasteiger partial charge on any atom is 0.138 e. The lowest BCUT2D eigenvalue weighted by Gasteiger charge is -1.99. The van der Waals surface area contributed by atoms with Gasteiger partial charge >= 0.3 is 0 Å². The van der Waals surface area contributed by atoms with Crippen molar-refractivity contribution in [1.82, 2.24) is 9.97 Å². The topological polar surface area (TPSA) is 28.7 Å². The summed E-state index contributed by atoms with van der Waals surface area (Å²) in [7, 11) is 0. The van der Waals surface area contributed by atoms with E-state index in [9.17, 15) is 0 Å². The van der Waals surface area contributed by atoms with Crippen molar-refractivity contribution in [2.45, 2.75) is 0 Å². The van der Waals surface area contributed by atoms with E-state index in [0.717, 1.165) is 27.7 Å². The summed E-state index contributed by atoms with van der Waals surface area (Å²) in [5, 5.41) is 4.83. The number of halogens is 1. The lowest BCUT2D eigenvalue weighted by atomic mass is 10.2. The molecule has 1 aromatic carbocycles. The fourth-order valence-electron chi connectivity index (χ4n) is 1.68. The second-order valence-corrected chi connectivity index (χ2v) is 4.82. The zero-order valence-corrected chi connectivity index (χ0v) is 10.4. The molecule has 0 amide bonds. The monoisotopic (exact) mass is 260 g/mol. The minimum Gasteiger partial charge on any atom is -0.338 e. The van der Waals surface area contributed by atoms with E-state index in [2.05, 4.69) is 15.3 Å². The molecule has 0 atom stereocenters. The molecule has 84 valence electrons. The molecule has 0 aliphatic heterocycles. The third kappa shape index (κ3) is 1.99. The highest BCUT2D eigenvalue weighted by Crippen LogP contribution is 2.28. The van der Waals surface area contributed by atoms with E-state index >= 15 is 0 Å². The first-order valence-electron chi connectivity index (χ1n) is 5.17. The number of nitrogens with one attached hydrogen (secondary N) is 1. The molecule has 1 N–H and O–H groups in total. The van der Waals surface area contributed by atoms with Crippen LogP contribution in [0.2, 0.25) is 5.02 Å². The lowest BCUT2D eigenvalue weighted by Crippen LogP contribution is -1.79. The quantitative estimate of drug-likeness (QED) is 0.724. The molecule has 17 heavy (non-hydrogen) atoms. The molecular weight excluding hydrogens is 252 g/mol. The molecule has 3 rings (SSSR count). The highest BCUT2D eigenvalue weighted by Gasteiger charge is 2.07. The Bertz CT molecular complexity index is 628. The van der Waals surface area contributed by atoms with Gasteiger partial charge in [0.1, 0.15) is 5.82 Å². The Morgan fingerprint density at radius 3 is 2.82 bits per heavy atom. The van der Waals surface area contributed by atoms with Gasteiger partial charge in [0, 0.05) is 21.5 Å². The minimum absolute atomic E-state index is 0.730. The lowest BCUT2D eigenvalue weighted by molar-refractivity contribution is 1.32. The standard InChI is InChI=1S/C13H9ClN2S/c14-11-4-2-1-3-10(11)12-7-15-13(16-12)9-5-6-17-8-9/h1-8H,(H,15,16). The third-order valence-electron chi connectivity index (χ3n) is 2.53. The zero-order valence-electron chi connectivity index (χ0n) is 8.85. The van der Waals surface area contributed by atoms with Gasteiger partial charge in [-0.2, -0.15) is 11.3 Å². The average molecular weight is 261 g/mol. The highest BCUT2D eigenvalue weighted by atomic mass is 35.5. The molecule has 2 nitrogen and oxygen atoms in total. The van der Waals surface area contributed by atoms with Gasteiger partial charge in [0.2, 0.25) is 0 Å². The molecular formula is C13H9ClN2S. The van der Waals surface area contributed by atoms with Gasteiger partial charge in [-0.25, -0.2) is 4.98 Å². The van der Waals surface area contributed by atoms with Gasteiger partial charge in [-0.05, 0) is 17.5 Å². The molecule has 0 aliphatic rings. The summed E-state index contributed by atoms with van der Waals surface area (Å²) in [5.74, 6) is 0.876. The molecule has 3 aromatic rings. The number of imidazole rings is 1. The smallest absolute Gasteiger partial charge is 0.138 e. The molecule has 0 unspecified atom stereocenters. The van der Waals surface area contributed by atoms with Gasteiger partial charge in [0.05, 0.1) is 11.9 Å². The average Bonchev–Trinajstić information content (AvgIpc) is 3.00. The van der Waals surface area contributed by atoms with Gasteiger partial charge in [-0.15, -0.1) is 0 Å². The number of hydrogen-bond acceptors (Lipinski definition) is 2. The van der Waals surface area contributed by atoms with Gasteiger partial charge in [0.15, 0.2) is 0 Å². The van der Waals surface area contributed by atoms with Crippen molar-refractivity contribution < 1.29 is 0 Å². The van der Waals surface area contributed by atoms with Crippen LogP contribution >= 0.6 is 22.9 Å². The van der Waals surface area contributed by atoms with Gasteiger partial charge < -0.3 is 4.98 Å². The number of aromatic amines is 1. The van der Waals surface area contributed by atoms with Crippen LogP contribution < -0.4 is 0 Å². The Labute approximate surface area is 108 Å². The maximum absolute atomic E-state index is 6.15. The molecule has 0 aliphatic carbocycles. The van der Waals surface area contributed by atoms with Crippen molar-refractivity contribution in [2.24, 2.45) is 0 Å². The summed E-state index contributed by atoms with van der Waals surface area (Å²) in [6.07, 6.45) is 1.81. The summed E-state index contributed by atoms with van der Waals surface area (Å²) >= 11 is 7.80. The minimum atomic E-state index is 0.730. The number of hydrogen-bond donors (Lipinski definition) is 1. The highest BCUT2D eigenvalue weighted by molar-refractivity contribution is 7.08. The van der Waals surface area contributed by atoms with E-state index in [1.165, 1.54) is 0 Å². The Morgan fingerprint density at radius 2 is 2.06 bits per heavy atom. The van der Waals surface area contributed by atoms with Crippen molar-refractivity contribution in [3.63, 3.8) is 0 Å². The number of benzene rings is 1. The summed E-state index contributed by atoms with van der Waals surface area (Å²) in [4.78, 5) is 7.65. The summed E-state index contributed by atoms with van der Waals surface area (Å²) in [6.45, 7) is 0. The van der Waals surface area contributed by atoms with E-state index in [-0.39, 0.29) is 0 Å².